The molecule has 2 rings (SSSR count). The fourth-order valence-electron chi connectivity index (χ4n) is 1.59. The first kappa shape index (κ1) is 14.7. The molecule has 0 atom stereocenters. The highest BCUT2D eigenvalue weighted by molar-refractivity contribution is 6.34. The van der Waals surface area contributed by atoms with Crippen LogP contribution in [0, 0.1) is 21.3 Å². The van der Waals surface area contributed by atoms with Crippen LogP contribution in [0.5, 0.6) is 11.5 Å². The van der Waals surface area contributed by atoms with Crippen LogP contribution < -0.4 is 10.5 Å². The van der Waals surface area contributed by atoms with Gasteiger partial charge in [0, 0.05) is 17.7 Å². The molecule has 6 nitrogen and oxygen atoms in total. The average molecular weight is 310 g/mol. The molecule has 3 N–H and O–H groups in total. The Labute approximate surface area is 123 Å². The van der Waals surface area contributed by atoms with E-state index in [1.54, 1.807) is 0 Å². The summed E-state index contributed by atoms with van der Waals surface area (Å²) in [6, 6.07) is 7.34. The van der Waals surface area contributed by atoms with Crippen molar-refractivity contribution in [3.63, 3.8) is 0 Å². The molecule has 2 aromatic rings. The van der Waals surface area contributed by atoms with E-state index in [-0.39, 0.29) is 28.0 Å². The molecule has 0 aliphatic heterocycles. The Balaban J connectivity index is 2.28. The zero-order valence-electron chi connectivity index (χ0n) is 10.5. The Bertz CT molecular complexity index is 737. The lowest BCUT2D eigenvalue weighted by molar-refractivity contribution is -0.385. The van der Waals surface area contributed by atoms with Crippen molar-refractivity contribution >= 4 is 23.1 Å². The van der Waals surface area contributed by atoms with Crippen molar-refractivity contribution in [1.29, 1.82) is 5.41 Å². The van der Waals surface area contributed by atoms with Gasteiger partial charge in [-0.15, -0.1) is 0 Å². The summed E-state index contributed by atoms with van der Waals surface area (Å²) in [5, 5.41) is 18.0. The van der Waals surface area contributed by atoms with Crippen LogP contribution in [0.4, 0.5) is 10.1 Å². The largest absolute Gasteiger partial charge is 0.454 e. The molecular formula is C13H9ClFN3O3. The molecule has 0 spiro atoms. The second kappa shape index (κ2) is 5.76. The summed E-state index contributed by atoms with van der Waals surface area (Å²) < 4.78 is 19.0. The molecule has 0 fully saturated rings. The third-order valence-corrected chi connectivity index (χ3v) is 2.90. The number of halogens is 2. The van der Waals surface area contributed by atoms with Gasteiger partial charge in [0.15, 0.2) is 11.6 Å². The van der Waals surface area contributed by atoms with E-state index in [0.717, 1.165) is 18.2 Å². The van der Waals surface area contributed by atoms with Gasteiger partial charge in [-0.3, -0.25) is 15.5 Å². The Morgan fingerprint density at radius 2 is 2.05 bits per heavy atom. The van der Waals surface area contributed by atoms with Gasteiger partial charge in [0.1, 0.15) is 11.6 Å². The number of rotatable bonds is 4. The quantitative estimate of drug-likeness (QED) is 0.390. The third-order valence-electron chi connectivity index (χ3n) is 2.58. The minimum absolute atomic E-state index is 0.174. The van der Waals surface area contributed by atoms with E-state index < -0.39 is 10.7 Å². The third kappa shape index (κ3) is 3.26. The number of hydrogen-bond donors (Lipinski definition) is 2. The molecule has 108 valence electrons. The molecule has 8 heteroatoms. The van der Waals surface area contributed by atoms with Crippen molar-refractivity contribution in [2.24, 2.45) is 5.73 Å². The number of nitro groups is 1. The fourth-order valence-corrected chi connectivity index (χ4v) is 1.86. The van der Waals surface area contributed by atoms with Crippen LogP contribution in [0.3, 0.4) is 0 Å². The summed E-state index contributed by atoms with van der Waals surface area (Å²) >= 11 is 5.91. The summed E-state index contributed by atoms with van der Waals surface area (Å²) in [5.41, 5.74) is 5.28. The first-order valence-electron chi connectivity index (χ1n) is 5.64. The Morgan fingerprint density at radius 1 is 1.33 bits per heavy atom. The number of ether oxygens (including phenoxy) is 1. The summed E-state index contributed by atoms with van der Waals surface area (Å²) in [6.07, 6.45) is 0. The lowest BCUT2D eigenvalue weighted by Gasteiger charge is -2.08. The highest BCUT2D eigenvalue weighted by Gasteiger charge is 2.13. The molecule has 0 heterocycles. The molecule has 0 aliphatic carbocycles. The first-order chi connectivity index (χ1) is 9.88. The normalized spacial score (nSPS) is 10.2. The van der Waals surface area contributed by atoms with Crippen molar-refractivity contribution in [2.75, 3.05) is 0 Å². The number of hydrogen-bond acceptors (Lipinski definition) is 4. The van der Waals surface area contributed by atoms with E-state index in [2.05, 4.69) is 0 Å². The van der Waals surface area contributed by atoms with Gasteiger partial charge < -0.3 is 10.5 Å². The van der Waals surface area contributed by atoms with Gasteiger partial charge in [-0.2, -0.15) is 0 Å². The van der Waals surface area contributed by atoms with Crippen LogP contribution in [0.1, 0.15) is 5.56 Å². The first-order valence-corrected chi connectivity index (χ1v) is 6.02. The minimum atomic E-state index is -0.865. The van der Waals surface area contributed by atoms with Crippen molar-refractivity contribution in [2.45, 2.75) is 0 Å². The Kier molecular flexibility index (Phi) is 4.04. The van der Waals surface area contributed by atoms with Gasteiger partial charge in [-0.1, -0.05) is 11.6 Å². The number of nitrogens with one attached hydrogen (secondary N) is 1. The van der Waals surface area contributed by atoms with Crippen LogP contribution in [-0.2, 0) is 0 Å². The van der Waals surface area contributed by atoms with Crippen molar-refractivity contribution in [3.05, 3.63) is 62.9 Å². The van der Waals surface area contributed by atoms with Gasteiger partial charge in [0.25, 0.3) is 5.69 Å². The van der Waals surface area contributed by atoms with E-state index in [4.69, 9.17) is 27.5 Å². The standard InChI is InChI=1S/C13H9ClFN3O3/c14-10-6-8(2-3-9(10)13(16)17)21-12-4-1-7(18(19)20)5-11(12)15/h1-6H,(H3,16,17). The number of non-ortho nitro benzene ring substituents is 1. The predicted octanol–water partition coefficient (Wildman–Crippen LogP) is 3.46. The molecular weight excluding hydrogens is 301 g/mol. The van der Waals surface area contributed by atoms with E-state index >= 15 is 0 Å². The van der Waals surface area contributed by atoms with Gasteiger partial charge in [-0.25, -0.2) is 4.39 Å². The number of nitro benzene ring substituents is 1. The topological polar surface area (TPSA) is 102 Å². The predicted molar refractivity (Wildman–Crippen MR) is 75.6 cm³/mol. The monoisotopic (exact) mass is 309 g/mol. The van der Waals surface area contributed by atoms with Crippen LogP contribution in [0.2, 0.25) is 5.02 Å². The molecule has 0 unspecified atom stereocenters. The molecule has 0 saturated carbocycles. The van der Waals surface area contributed by atoms with Crippen molar-refractivity contribution in [3.8, 4) is 11.5 Å². The Hall–Kier alpha value is -2.67. The van der Waals surface area contributed by atoms with Gasteiger partial charge in [0.05, 0.1) is 16.0 Å². The lowest BCUT2D eigenvalue weighted by atomic mass is 10.2. The van der Waals surface area contributed by atoms with E-state index in [1.165, 1.54) is 18.2 Å². The number of nitrogens with zero attached hydrogens (tertiary/aromatic N) is 1. The molecule has 2 aromatic carbocycles. The highest BCUT2D eigenvalue weighted by atomic mass is 35.5. The number of nitrogens with two attached hydrogens (primary N) is 1. The molecule has 0 aromatic heterocycles. The van der Waals surface area contributed by atoms with Crippen molar-refractivity contribution < 1.29 is 14.1 Å². The number of amidine groups is 1. The van der Waals surface area contributed by atoms with E-state index in [1.807, 2.05) is 0 Å². The maximum Gasteiger partial charge on any atom is 0.272 e. The van der Waals surface area contributed by atoms with Crippen LogP contribution in [0.25, 0.3) is 0 Å². The summed E-state index contributed by atoms with van der Waals surface area (Å²) in [5.74, 6) is -1.02. The fraction of sp³-hybridized carbons (Fsp3) is 0. The summed E-state index contributed by atoms with van der Waals surface area (Å²) in [7, 11) is 0. The molecule has 0 amide bonds. The van der Waals surface area contributed by atoms with Crippen LogP contribution in [0.15, 0.2) is 36.4 Å². The van der Waals surface area contributed by atoms with Gasteiger partial charge >= 0.3 is 0 Å². The smallest absolute Gasteiger partial charge is 0.272 e. The zero-order chi connectivity index (χ0) is 15.6. The zero-order valence-corrected chi connectivity index (χ0v) is 11.2. The SMILES string of the molecule is N=C(N)c1ccc(Oc2ccc([N+](=O)[O-])cc2F)cc1Cl. The lowest BCUT2D eigenvalue weighted by Crippen LogP contribution is -2.11. The highest BCUT2D eigenvalue weighted by Crippen LogP contribution is 2.30. The van der Waals surface area contributed by atoms with E-state index in [9.17, 15) is 14.5 Å². The Morgan fingerprint density at radius 3 is 2.57 bits per heavy atom. The average Bonchev–Trinajstić information content (AvgIpc) is 2.40. The van der Waals surface area contributed by atoms with Crippen molar-refractivity contribution in [1.82, 2.24) is 0 Å². The number of benzene rings is 2. The second-order valence-corrected chi connectivity index (χ2v) is 4.44. The minimum Gasteiger partial charge on any atom is -0.454 e. The molecule has 0 saturated heterocycles. The maximum absolute atomic E-state index is 13.7. The van der Waals surface area contributed by atoms with Crippen LogP contribution >= 0.6 is 11.6 Å². The molecule has 21 heavy (non-hydrogen) atoms. The molecule has 0 radical (unpaired) electrons. The molecule has 0 bridgehead atoms. The summed E-state index contributed by atoms with van der Waals surface area (Å²) in [6.45, 7) is 0. The summed E-state index contributed by atoms with van der Waals surface area (Å²) in [4.78, 5) is 9.81. The van der Waals surface area contributed by atoms with Crippen LogP contribution in [-0.4, -0.2) is 10.8 Å². The van der Waals surface area contributed by atoms with Gasteiger partial charge in [0.2, 0.25) is 0 Å². The second-order valence-electron chi connectivity index (χ2n) is 4.03. The van der Waals surface area contributed by atoms with E-state index in [0.29, 0.717) is 5.56 Å². The van der Waals surface area contributed by atoms with Gasteiger partial charge in [-0.05, 0) is 18.2 Å². The maximum atomic E-state index is 13.7. The number of nitrogen functional groups attached to an aromatic ring is 1. The molecule has 0 aliphatic rings.